The van der Waals surface area contributed by atoms with Crippen molar-refractivity contribution in [1.82, 2.24) is 20.4 Å². The molecule has 0 spiro atoms. The summed E-state index contributed by atoms with van der Waals surface area (Å²) in [5, 5.41) is 9.75. The highest BCUT2D eigenvalue weighted by Gasteiger charge is 2.28. The van der Waals surface area contributed by atoms with E-state index in [9.17, 15) is 9.59 Å². The van der Waals surface area contributed by atoms with E-state index in [0.29, 0.717) is 36.0 Å². The van der Waals surface area contributed by atoms with Crippen molar-refractivity contribution in [1.29, 1.82) is 0 Å². The van der Waals surface area contributed by atoms with Crippen LogP contribution in [0.15, 0.2) is 30.3 Å². The Morgan fingerprint density at radius 3 is 2.92 bits per heavy atom. The summed E-state index contributed by atoms with van der Waals surface area (Å²) >= 11 is 0. The van der Waals surface area contributed by atoms with Crippen LogP contribution in [0.2, 0.25) is 0 Å². The summed E-state index contributed by atoms with van der Waals surface area (Å²) in [6.45, 7) is 2.85. The number of aromatic nitrogens is 2. The lowest BCUT2D eigenvalue weighted by Gasteiger charge is -2.15. The minimum Gasteiger partial charge on any atom is -0.497 e. The average molecular weight is 358 g/mol. The topological polar surface area (TPSA) is 96.6 Å². The van der Waals surface area contributed by atoms with Gasteiger partial charge in [-0.05, 0) is 24.6 Å². The van der Waals surface area contributed by atoms with E-state index >= 15 is 0 Å². The molecule has 1 unspecified atom stereocenters. The normalized spacial score (nSPS) is 16.4. The highest BCUT2D eigenvalue weighted by molar-refractivity contribution is 5.92. The van der Waals surface area contributed by atoms with Crippen molar-refractivity contribution in [2.75, 3.05) is 20.2 Å². The molecule has 1 aromatic carbocycles. The van der Waals surface area contributed by atoms with E-state index in [4.69, 9.17) is 9.47 Å². The molecular formula is C18H22N4O4. The first-order chi connectivity index (χ1) is 12.5. The van der Waals surface area contributed by atoms with Crippen LogP contribution in [-0.2, 0) is 11.4 Å². The van der Waals surface area contributed by atoms with E-state index in [1.54, 1.807) is 24.1 Å². The fourth-order valence-corrected chi connectivity index (χ4v) is 2.91. The van der Waals surface area contributed by atoms with E-state index < -0.39 is 0 Å². The van der Waals surface area contributed by atoms with Crippen LogP contribution in [0.3, 0.4) is 0 Å². The Morgan fingerprint density at radius 1 is 1.35 bits per heavy atom. The molecule has 2 aromatic rings. The predicted octanol–water partition coefficient (Wildman–Crippen LogP) is 1.35. The Hall–Kier alpha value is -3.03. The van der Waals surface area contributed by atoms with E-state index in [1.807, 2.05) is 18.2 Å². The quantitative estimate of drug-likeness (QED) is 0.812. The van der Waals surface area contributed by atoms with E-state index in [1.165, 1.54) is 6.92 Å². The van der Waals surface area contributed by atoms with Gasteiger partial charge in [0.15, 0.2) is 5.69 Å². The molecule has 1 aromatic heterocycles. The molecule has 2 N–H and O–H groups in total. The first-order valence-corrected chi connectivity index (χ1v) is 8.42. The summed E-state index contributed by atoms with van der Waals surface area (Å²) in [6, 6.07) is 8.99. The second-order valence-electron chi connectivity index (χ2n) is 6.18. The van der Waals surface area contributed by atoms with Crippen LogP contribution in [0.25, 0.3) is 0 Å². The van der Waals surface area contributed by atoms with Crippen LogP contribution in [0.4, 0.5) is 0 Å². The summed E-state index contributed by atoms with van der Waals surface area (Å²) in [5.74, 6) is 1.15. The predicted molar refractivity (Wildman–Crippen MR) is 94.0 cm³/mol. The van der Waals surface area contributed by atoms with Gasteiger partial charge in [0, 0.05) is 32.1 Å². The minimum absolute atomic E-state index is 0.00579. The van der Waals surface area contributed by atoms with Gasteiger partial charge in [-0.15, -0.1) is 0 Å². The van der Waals surface area contributed by atoms with Gasteiger partial charge >= 0.3 is 0 Å². The number of rotatable bonds is 6. The first-order valence-electron chi connectivity index (χ1n) is 8.42. The monoisotopic (exact) mass is 358 g/mol. The zero-order valence-electron chi connectivity index (χ0n) is 14.8. The Kier molecular flexibility index (Phi) is 5.40. The van der Waals surface area contributed by atoms with Crippen molar-refractivity contribution in [3.63, 3.8) is 0 Å². The molecule has 0 bridgehead atoms. The second-order valence-corrected chi connectivity index (χ2v) is 6.18. The Bertz CT molecular complexity index is 789. The highest BCUT2D eigenvalue weighted by Crippen LogP contribution is 2.20. The maximum Gasteiger partial charge on any atom is 0.274 e. The van der Waals surface area contributed by atoms with E-state index in [2.05, 4.69) is 15.5 Å². The largest absolute Gasteiger partial charge is 0.497 e. The highest BCUT2D eigenvalue weighted by atomic mass is 16.5. The molecule has 8 nitrogen and oxygen atoms in total. The van der Waals surface area contributed by atoms with Crippen LogP contribution >= 0.6 is 0 Å². The van der Waals surface area contributed by atoms with Crippen molar-refractivity contribution in [2.24, 2.45) is 0 Å². The zero-order chi connectivity index (χ0) is 18.5. The first kappa shape index (κ1) is 17.8. The maximum atomic E-state index is 12.5. The molecule has 2 heterocycles. The molecular weight excluding hydrogens is 336 g/mol. The molecule has 0 aliphatic carbocycles. The SMILES string of the molecule is COc1cccc(OCc2cc(C(=O)N3CCC(NC(C)=O)C3)n[nH]2)c1. The van der Waals surface area contributed by atoms with Crippen LogP contribution in [0.5, 0.6) is 11.5 Å². The fraction of sp³-hybridized carbons (Fsp3) is 0.389. The van der Waals surface area contributed by atoms with Gasteiger partial charge in [0.25, 0.3) is 5.91 Å². The molecule has 3 rings (SSSR count). The molecule has 2 amide bonds. The van der Waals surface area contributed by atoms with Gasteiger partial charge in [-0.3, -0.25) is 14.7 Å². The molecule has 138 valence electrons. The smallest absolute Gasteiger partial charge is 0.274 e. The number of carbonyl (C=O) groups excluding carboxylic acids is 2. The van der Waals surface area contributed by atoms with Crippen LogP contribution < -0.4 is 14.8 Å². The number of amides is 2. The van der Waals surface area contributed by atoms with Gasteiger partial charge in [-0.2, -0.15) is 5.10 Å². The number of methoxy groups -OCH3 is 1. The molecule has 1 fully saturated rings. The third-order valence-corrected chi connectivity index (χ3v) is 4.17. The number of likely N-dealkylation sites (tertiary alicyclic amines) is 1. The Balaban J connectivity index is 1.55. The third-order valence-electron chi connectivity index (χ3n) is 4.17. The molecule has 1 saturated heterocycles. The van der Waals surface area contributed by atoms with Crippen molar-refractivity contribution in [3.05, 3.63) is 41.7 Å². The minimum atomic E-state index is -0.151. The zero-order valence-corrected chi connectivity index (χ0v) is 14.8. The lowest BCUT2D eigenvalue weighted by molar-refractivity contribution is -0.119. The summed E-state index contributed by atoms with van der Waals surface area (Å²) in [6.07, 6.45) is 0.752. The lowest BCUT2D eigenvalue weighted by atomic mass is 10.2. The number of hydrogen-bond acceptors (Lipinski definition) is 5. The second kappa shape index (κ2) is 7.90. The molecule has 1 aliphatic heterocycles. The van der Waals surface area contributed by atoms with Crippen molar-refractivity contribution >= 4 is 11.8 Å². The molecule has 26 heavy (non-hydrogen) atoms. The Labute approximate surface area is 151 Å². The molecule has 1 atom stereocenters. The van der Waals surface area contributed by atoms with Crippen LogP contribution in [0, 0.1) is 0 Å². The molecule has 8 heteroatoms. The molecule has 0 radical (unpaired) electrons. The van der Waals surface area contributed by atoms with Gasteiger partial charge in [0.1, 0.15) is 18.1 Å². The summed E-state index contributed by atoms with van der Waals surface area (Å²) in [5.41, 5.74) is 1.05. The number of H-pyrrole nitrogens is 1. The summed E-state index contributed by atoms with van der Waals surface area (Å²) in [4.78, 5) is 25.3. The van der Waals surface area contributed by atoms with Gasteiger partial charge in [0.05, 0.1) is 12.8 Å². The lowest BCUT2D eigenvalue weighted by Crippen LogP contribution is -2.37. The van der Waals surface area contributed by atoms with Crippen molar-refractivity contribution in [3.8, 4) is 11.5 Å². The summed E-state index contributed by atoms with van der Waals surface area (Å²) < 4.78 is 10.8. The number of nitrogens with zero attached hydrogens (tertiary/aromatic N) is 2. The average Bonchev–Trinajstić information content (AvgIpc) is 3.28. The standard InChI is InChI=1S/C18H22N4O4/c1-12(23)19-13-6-7-22(10-13)18(24)17-8-14(20-21-17)11-26-16-5-3-4-15(9-16)25-2/h3-5,8-9,13H,6-7,10-11H2,1-2H3,(H,19,23)(H,20,21). The number of carbonyl (C=O) groups is 2. The van der Waals surface area contributed by atoms with E-state index in [0.717, 1.165) is 6.42 Å². The number of nitrogens with one attached hydrogen (secondary N) is 2. The Morgan fingerprint density at radius 2 is 2.15 bits per heavy atom. The van der Waals surface area contributed by atoms with Crippen molar-refractivity contribution in [2.45, 2.75) is 26.0 Å². The van der Waals surface area contributed by atoms with Gasteiger partial charge < -0.3 is 19.7 Å². The number of ether oxygens (including phenoxy) is 2. The van der Waals surface area contributed by atoms with Gasteiger partial charge in [-0.25, -0.2) is 0 Å². The van der Waals surface area contributed by atoms with Gasteiger partial charge in [0.2, 0.25) is 5.91 Å². The molecule has 0 saturated carbocycles. The van der Waals surface area contributed by atoms with Crippen molar-refractivity contribution < 1.29 is 19.1 Å². The summed E-state index contributed by atoms with van der Waals surface area (Å²) in [7, 11) is 1.60. The number of benzene rings is 1. The number of hydrogen-bond donors (Lipinski definition) is 2. The van der Waals surface area contributed by atoms with E-state index in [-0.39, 0.29) is 24.5 Å². The van der Waals surface area contributed by atoms with Crippen LogP contribution in [0.1, 0.15) is 29.5 Å². The van der Waals surface area contributed by atoms with Gasteiger partial charge in [-0.1, -0.05) is 6.07 Å². The number of aromatic amines is 1. The molecule has 1 aliphatic rings. The third kappa shape index (κ3) is 4.33. The maximum absolute atomic E-state index is 12.5. The van der Waals surface area contributed by atoms with Crippen LogP contribution in [-0.4, -0.2) is 53.2 Å². The fourth-order valence-electron chi connectivity index (χ4n) is 2.91.